The number of amides is 1. The first-order valence-corrected chi connectivity index (χ1v) is 6.55. The molecule has 1 aromatic rings. The van der Waals surface area contributed by atoms with Gasteiger partial charge in [0.2, 0.25) is 0 Å². The lowest BCUT2D eigenvalue weighted by atomic mass is 10.00. The SMILES string of the molecule is C[C@H]1CCCN(C(=O)c2cc(F)c(Cl)nc2Cl)C1. The summed E-state index contributed by atoms with van der Waals surface area (Å²) < 4.78 is 13.3. The van der Waals surface area contributed by atoms with Crippen molar-refractivity contribution in [2.75, 3.05) is 13.1 Å². The highest BCUT2D eigenvalue weighted by atomic mass is 35.5. The Kier molecular flexibility index (Phi) is 4.07. The molecule has 1 fully saturated rings. The molecule has 2 rings (SSSR count). The maximum absolute atomic E-state index is 13.3. The van der Waals surface area contributed by atoms with E-state index in [0.29, 0.717) is 19.0 Å². The predicted molar refractivity (Wildman–Crippen MR) is 68.5 cm³/mol. The number of nitrogens with zero attached hydrogens (tertiary/aromatic N) is 2. The number of halogens is 3. The van der Waals surface area contributed by atoms with Gasteiger partial charge in [0.15, 0.2) is 11.0 Å². The van der Waals surface area contributed by atoms with Gasteiger partial charge in [0.05, 0.1) is 5.56 Å². The quantitative estimate of drug-likeness (QED) is 0.743. The number of likely N-dealkylation sites (tertiary alicyclic amines) is 1. The molecule has 18 heavy (non-hydrogen) atoms. The fourth-order valence-corrected chi connectivity index (χ4v) is 2.54. The van der Waals surface area contributed by atoms with Crippen molar-refractivity contribution in [2.45, 2.75) is 19.8 Å². The maximum atomic E-state index is 13.3. The number of piperidine rings is 1. The fourth-order valence-electron chi connectivity index (χ4n) is 2.14. The van der Waals surface area contributed by atoms with Crippen molar-refractivity contribution in [2.24, 2.45) is 5.92 Å². The van der Waals surface area contributed by atoms with Crippen molar-refractivity contribution in [1.29, 1.82) is 0 Å². The highest BCUT2D eigenvalue weighted by Gasteiger charge is 2.25. The van der Waals surface area contributed by atoms with Crippen molar-refractivity contribution < 1.29 is 9.18 Å². The molecule has 2 heterocycles. The lowest BCUT2D eigenvalue weighted by Gasteiger charge is -2.31. The van der Waals surface area contributed by atoms with Crippen molar-refractivity contribution in [1.82, 2.24) is 9.88 Å². The summed E-state index contributed by atoms with van der Waals surface area (Å²) in [5.74, 6) is -0.560. The largest absolute Gasteiger partial charge is 0.338 e. The average Bonchev–Trinajstić information content (AvgIpc) is 2.33. The van der Waals surface area contributed by atoms with Crippen LogP contribution in [0.3, 0.4) is 0 Å². The summed E-state index contributed by atoms with van der Waals surface area (Å²) >= 11 is 11.3. The molecule has 0 aromatic carbocycles. The Hall–Kier alpha value is -0.870. The Balaban J connectivity index is 2.25. The molecule has 6 heteroatoms. The highest BCUT2D eigenvalue weighted by Crippen LogP contribution is 2.24. The van der Waals surface area contributed by atoms with Crippen LogP contribution in [0.5, 0.6) is 0 Å². The molecule has 3 nitrogen and oxygen atoms in total. The molecule has 98 valence electrons. The molecule has 1 aliphatic heterocycles. The average molecular weight is 291 g/mol. The molecule has 1 aliphatic rings. The lowest BCUT2D eigenvalue weighted by Crippen LogP contribution is -2.39. The zero-order chi connectivity index (χ0) is 13.3. The third-order valence-corrected chi connectivity index (χ3v) is 3.61. The topological polar surface area (TPSA) is 33.2 Å². The van der Waals surface area contributed by atoms with Gasteiger partial charge >= 0.3 is 0 Å². The van der Waals surface area contributed by atoms with Crippen LogP contribution in [0.1, 0.15) is 30.1 Å². The van der Waals surface area contributed by atoms with E-state index in [1.165, 1.54) is 0 Å². The summed E-state index contributed by atoms with van der Waals surface area (Å²) in [5.41, 5.74) is 0.0765. The van der Waals surface area contributed by atoms with Crippen LogP contribution >= 0.6 is 23.2 Å². The van der Waals surface area contributed by atoms with Crippen molar-refractivity contribution in [3.63, 3.8) is 0 Å². The first kappa shape index (κ1) is 13.6. The van der Waals surface area contributed by atoms with Crippen molar-refractivity contribution in [3.8, 4) is 0 Å². The van der Waals surface area contributed by atoms with E-state index in [1.54, 1.807) is 4.90 Å². The number of hydrogen-bond acceptors (Lipinski definition) is 2. The summed E-state index contributed by atoms with van der Waals surface area (Å²) in [7, 11) is 0. The predicted octanol–water partition coefficient (Wildman–Crippen LogP) is 3.40. The summed E-state index contributed by atoms with van der Waals surface area (Å²) in [5, 5.41) is -0.367. The van der Waals surface area contributed by atoms with Crippen LogP contribution in [0, 0.1) is 11.7 Å². The number of carbonyl (C=O) groups is 1. The highest BCUT2D eigenvalue weighted by molar-refractivity contribution is 6.34. The van der Waals surface area contributed by atoms with Gasteiger partial charge in [-0.25, -0.2) is 9.37 Å². The monoisotopic (exact) mass is 290 g/mol. The summed E-state index contributed by atoms with van der Waals surface area (Å²) in [6, 6.07) is 1.05. The normalized spacial score (nSPS) is 20.0. The smallest absolute Gasteiger partial charge is 0.257 e. The van der Waals surface area contributed by atoms with Gasteiger partial charge in [-0.2, -0.15) is 0 Å². The minimum Gasteiger partial charge on any atom is -0.338 e. The van der Waals surface area contributed by atoms with Crippen LogP contribution in [0.4, 0.5) is 4.39 Å². The molecule has 1 atom stereocenters. The van der Waals surface area contributed by atoms with E-state index in [9.17, 15) is 9.18 Å². The molecule has 0 radical (unpaired) electrons. The van der Waals surface area contributed by atoms with Crippen LogP contribution in [0.2, 0.25) is 10.3 Å². The van der Waals surface area contributed by atoms with E-state index >= 15 is 0 Å². The van der Waals surface area contributed by atoms with Gasteiger partial charge in [0.1, 0.15) is 5.15 Å². The van der Waals surface area contributed by atoms with Gasteiger partial charge in [-0.3, -0.25) is 4.79 Å². The summed E-state index contributed by atoms with van der Waals surface area (Å²) in [6.45, 7) is 3.42. The van der Waals surface area contributed by atoms with Gasteiger partial charge in [-0.05, 0) is 24.8 Å². The van der Waals surface area contributed by atoms with E-state index in [4.69, 9.17) is 23.2 Å². The van der Waals surface area contributed by atoms with Crippen molar-refractivity contribution >= 4 is 29.1 Å². The van der Waals surface area contributed by atoms with Crippen LogP contribution in [-0.2, 0) is 0 Å². The molecule has 0 saturated carbocycles. The van der Waals surface area contributed by atoms with Gasteiger partial charge in [-0.15, -0.1) is 0 Å². The summed E-state index contributed by atoms with van der Waals surface area (Å²) in [4.78, 5) is 17.5. The van der Waals surface area contributed by atoms with Gasteiger partial charge < -0.3 is 4.90 Å². The minimum absolute atomic E-state index is 0.0513. The number of aromatic nitrogens is 1. The second kappa shape index (κ2) is 5.41. The first-order valence-electron chi connectivity index (χ1n) is 5.80. The Morgan fingerprint density at radius 3 is 2.89 bits per heavy atom. The molecule has 0 N–H and O–H groups in total. The number of carbonyl (C=O) groups excluding carboxylic acids is 1. The molecule has 0 bridgehead atoms. The van der Waals surface area contributed by atoms with Crippen LogP contribution in [0.15, 0.2) is 6.07 Å². The molecule has 1 saturated heterocycles. The zero-order valence-corrected chi connectivity index (χ0v) is 11.4. The minimum atomic E-state index is -0.727. The second-order valence-electron chi connectivity index (χ2n) is 4.60. The van der Waals surface area contributed by atoms with Crippen LogP contribution in [-0.4, -0.2) is 28.9 Å². The lowest BCUT2D eigenvalue weighted by molar-refractivity contribution is 0.0682. The maximum Gasteiger partial charge on any atom is 0.257 e. The fraction of sp³-hybridized carbons (Fsp3) is 0.500. The van der Waals surface area contributed by atoms with Crippen molar-refractivity contribution in [3.05, 3.63) is 27.8 Å². The van der Waals surface area contributed by atoms with E-state index in [0.717, 1.165) is 18.9 Å². The Morgan fingerprint density at radius 2 is 2.22 bits per heavy atom. The summed E-state index contributed by atoms with van der Waals surface area (Å²) in [6.07, 6.45) is 2.05. The Labute approximate surface area is 115 Å². The van der Waals surface area contributed by atoms with E-state index in [-0.39, 0.29) is 21.8 Å². The number of hydrogen-bond donors (Lipinski definition) is 0. The number of pyridine rings is 1. The Morgan fingerprint density at radius 1 is 1.50 bits per heavy atom. The first-order chi connectivity index (χ1) is 8.49. The van der Waals surface area contributed by atoms with E-state index < -0.39 is 5.82 Å². The second-order valence-corrected chi connectivity index (χ2v) is 5.31. The van der Waals surface area contributed by atoms with Crippen LogP contribution < -0.4 is 0 Å². The van der Waals surface area contributed by atoms with E-state index in [1.807, 2.05) is 0 Å². The standard InChI is InChI=1S/C12H13Cl2FN2O/c1-7-3-2-4-17(6-7)12(18)8-5-9(15)11(14)16-10(8)13/h5,7H,2-4,6H2,1H3/t7-/m0/s1. The molecular formula is C12H13Cl2FN2O. The Bertz CT molecular complexity index is 481. The molecule has 0 spiro atoms. The molecule has 0 aliphatic carbocycles. The molecule has 0 unspecified atom stereocenters. The van der Waals surface area contributed by atoms with E-state index in [2.05, 4.69) is 11.9 Å². The molecule has 1 amide bonds. The van der Waals surface area contributed by atoms with Gasteiger partial charge in [-0.1, -0.05) is 30.1 Å². The molecular weight excluding hydrogens is 278 g/mol. The van der Waals surface area contributed by atoms with Crippen LogP contribution in [0.25, 0.3) is 0 Å². The van der Waals surface area contributed by atoms with Gasteiger partial charge in [0.25, 0.3) is 5.91 Å². The van der Waals surface area contributed by atoms with Gasteiger partial charge in [0, 0.05) is 13.1 Å². The number of rotatable bonds is 1. The third kappa shape index (κ3) is 2.75. The molecule has 1 aromatic heterocycles. The third-order valence-electron chi connectivity index (χ3n) is 3.06. The zero-order valence-electron chi connectivity index (χ0n) is 9.92.